The SMILES string of the molecule is Cc1ccc(CC2CCCN2C(=O)NC2CCC(O)CC2)cc1. The molecule has 1 aromatic carbocycles. The van der Waals surface area contributed by atoms with Crippen LogP contribution < -0.4 is 5.32 Å². The molecule has 0 radical (unpaired) electrons. The Bertz CT molecular complexity index is 521. The number of nitrogens with zero attached hydrogens (tertiary/aromatic N) is 1. The molecule has 23 heavy (non-hydrogen) atoms. The number of benzene rings is 1. The van der Waals surface area contributed by atoms with Crippen LogP contribution in [-0.4, -0.2) is 40.8 Å². The van der Waals surface area contributed by atoms with Gasteiger partial charge in [0.05, 0.1) is 6.10 Å². The zero-order valence-corrected chi connectivity index (χ0v) is 14.0. The molecule has 1 unspecified atom stereocenters. The van der Waals surface area contributed by atoms with Gasteiger partial charge in [-0.25, -0.2) is 4.79 Å². The minimum Gasteiger partial charge on any atom is -0.393 e. The Balaban J connectivity index is 1.55. The molecule has 2 amide bonds. The number of carbonyl (C=O) groups excluding carboxylic acids is 1. The summed E-state index contributed by atoms with van der Waals surface area (Å²) < 4.78 is 0. The third kappa shape index (κ3) is 4.25. The number of carbonyl (C=O) groups is 1. The lowest BCUT2D eigenvalue weighted by Gasteiger charge is -2.31. The van der Waals surface area contributed by atoms with Crippen LogP contribution in [0.2, 0.25) is 0 Å². The predicted octanol–water partition coefficient (Wildman–Crippen LogP) is 3.02. The first-order chi connectivity index (χ1) is 11.1. The van der Waals surface area contributed by atoms with Gasteiger partial charge in [-0.3, -0.25) is 0 Å². The van der Waals surface area contributed by atoms with Crippen LogP contribution in [0, 0.1) is 6.92 Å². The normalized spacial score (nSPS) is 27.9. The van der Waals surface area contributed by atoms with E-state index in [-0.39, 0.29) is 18.2 Å². The topological polar surface area (TPSA) is 52.6 Å². The molecule has 1 aromatic rings. The molecular weight excluding hydrogens is 288 g/mol. The molecule has 4 heteroatoms. The van der Waals surface area contributed by atoms with Crippen molar-refractivity contribution >= 4 is 6.03 Å². The Morgan fingerprint density at radius 2 is 1.87 bits per heavy atom. The Morgan fingerprint density at radius 1 is 1.17 bits per heavy atom. The molecule has 1 aliphatic heterocycles. The Labute approximate surface area is 138 Å². The van der Waals surface area contributed by atoms with Crippen molar-refractivity contribution < 1.29 is 9.90 Å². The second-order valence-corrected chi connectivity index (χ2v) is 7.13. The van der Waals surface area contributed by atoms with Crippen molar-refractivity contribution in [1.82, 2.24) is 10.2 Å². The van der Waals surface area contributed by atoms with Crippen LogP contribution in [0.25, 0.3) is 0 Å². The van der Waals surface area contributed by atoms with E-state index in [2.05, 4.69) is 36.5 Å². The molecular formula is C19H28N2O2. The molecule has 2 fully saturated rings. The Morgan fingerprint density at radius 3 is 2.57 bits per heavy atom. The molecule has 4 nitrogen and oxygen atoms in total. The number of likely N-dealkylation sites (tertiary alicyclic amines) is 1. The van der Waals surface area contributed by atoms with Crippen molar-refractivity contribution in [1.29, 1.82) is 0 Å². The van der Waals surface area contributed by atoms with Gasteiger partial charge in [0.25, 0.3) is 0 Å². The molecule has 126 valence electrons. The number of amides is 2. The van der Waals surface area contributed by atoms with E-state index in [4.69, 9.17) is 0 Å². The zero-order chi connectivity index (χ0) is 16.2. The highest BCUT2D eigenvalue weighted by Gasteiger charge is 2.30. The summed E-state index contributed by atoms with van der Waals surface area (Å²) in [5.41, 5.74) is 2.58. The summed E-state index contributed by atoms with van der Waals surface area (Å²) >= 11 is 0. The van der Waals surface area contributed by atoms with Crippen LogP contribution in [0.1, 0.15) is 49.7 Å². The number of rotatable bonds is 3. The maximum absolute atomic E-state index is 12.6. The van der Waals surface area contributed by atoms with E-state index in [0.29, 0.717) is 6.04 Å². The maximum atomic E-state index is 12.6. The van der Waals surface area contributed by atoms with E-state index in [0.717, 1.165) is 51.5 Å². The first-order valence-electron chi connectivity index (χ1n) is 8.92. The van der Waals surface area contributed by atoms with E-state index in [1.54, 1.807) is 0 Å². The fourth-order valence-corrected chi connectivity index (χ4v) is 3.79. The summed E-state index contributed by atoms with van der Waals surface area (Å²) in [7, 11) is 0. The standard InChI is InChI=1S/C19H28N2O2/c1-14-4-6-15(7-5-14)13-17-3-2-12-21(17)19(23)20-16-8-10-18(22)11-9-16/h4-7,16-18,22H,2-3,8-13H2,1H3,(H,20,23). The third-order valence-corrected chi connectivity index (χ3v) is 5.25. The number of aliphatic hydroxyl groups is 1. The summed E-state index contributed by atoms with van der Waals surface area (Å²) in [5.74, 6) is 0. The lowest BCUT2D eigenvalue weighted by molar-refractivity contribution is 0.114. The highest BCUT2D eigenvalue weighted by Crippen LogP contribution is 2.23. The lowest BCUT2D eigenvalue weighted by atomic mass is 9.93. The molecule has 3 rings (SSSR count). The zero-order valence-electron chi connectivity index (χ0n) is 14.0. The van der Waals surface area contributed by atoms with Gasteiger partial charge in [-0.1, -0.05) is 29.8 Å². The van der Waals surface area contributed by atoms with E-state index in [9.17, 15) is 9.90 Å². The highest BCUT2D eigenvalue weighted by molar-refractivity contribution is 5.75. The number of nitrogens with one attached hydrogen (secondary N) is 1. The molecule has 1 heterocycles. The first-order valence-corrected chi connectivity index (χ1v) is 8.92. The highest BCUT2D eigenvalue weighted by atomic mass is 16.3. The second-order valence-electron chi connectivity index (χ2n) is 7.13. The summed E-state index contributed by atoms with van der Waals surface area (Å²) in [6, 6.07) is 9.25. The van der Waals surface area contributed by atoms with Gasteiger partial charge >= 0.3 is 6.03 Å². The molecule has 1 saturated carbocycles. The minimum absolute atomic E-state index is 0.0843. The van der Waals surface area contributed by atoms with E-state index < -0.39 is 0 Å². The van der Waals surface area contributed by atoms with E-state index in [1.165, 1.54) is 11.1 Å². The van der Waals surface area contributed by atoms with Crippen molar-refractivity contribution in [3.05, 3.63) is 35.4 Å². The largest absolute Gasteiger partial charge is 0.393 e. The molecule has 0 aromatic heterocycles. The van der Waals surface area contributed by atoms with Crippen LogP contribution in [0.15, 0.2) is 24.3 Å². The Kier molecular flexibility index (Phi) is 5.21. The monoisotopic (exact) mass is 316 g/mol. The van der Waals surface area contributed by atoms with Gasteiger partial charge in [-0.15, -0.1) is 0 Å². The number of aliphatic hydroxyl groups excluding tert-OH is 1. The molecule has 2 N–H and O–H groups in total. The fraction of sp³-hybridized carbons (Fsp3) is 0.632. The van der Waals surface area contributed by atoms with Gasteiger partial charge < -0.3 is 15.3 Å². The number of urea groups is 1. The third-order valence-electron chi connectivity index (χ3n) is 5.25. The molecule has 1 atom stereocenters. The van der Waals surface area contributed by atoms with Crippen LogP contribution in [0.4, 0.5) is 4.79 Å². The van der Waals surface area contributed by atoms with Gasteiger partial charge in [0.15, 0.2) is 0 Å². The van der Waals surface area contributed by atoms with Gasteiger partial charge in [0.1, 0.15) is 0 Å². The van der Waals surface area contributed by atoms with E-state index >= 15 is 0 Å². The average molecular weight is 316 g/mol. The Hall–Kier alpha value is -1.55. The predicted molar refractivity (Wildman–Crippen MR) is 91.4 cm³/mol. The summed E-state index contributed by atoms with van der Waals surface area (Å²) in [6.45, 7) is 2.96. The summed E-state index contributed by atoms with van der Waals surface area (Å²) in [6.07, 6.45) is 6.33. The van der Waals surface area contributed by atoms with Crippen molar-refractivity contribution in [2.45, 2.75) is 70.1 Å². The smallest absolute Gasteiger partial charge is 0.317 e. The van der Waals surface area contributed by atoms with Gasteiger partial charge in [0.2, 0.25) is 0 Å². The van der Waals surface area contributed by atoms with Crippen molar-refractivity contribution in [2.24, 2.45) is 0 Å². The lowest BCUT2D eigenvalue weighted by Crippen LogP contribution is -2.48. The van der Waals surface area contributed by atoms with Gasteiger partial charge in [-0.2, -0.15) is 0 Å². The van der Waals surface area contributed by atoms with Gasteiger partial charge in [0, 0.05) is 18.6 Å². The molecule has 0 bridgehead atoms. The number of hydrogen-bond donors (Lipinski definition) is 2. The molecule has 1 saturated heterocycles. The van der Waals surface area contributed by atoms with Crippen molar-refractivity contribution in [3.63, 3.8) is 0 Å². The molecule has 1 aliphatic carbocycles. The molecule has 2 aliphatic rings. The summed E-state index contributed by atoms with van der Waals surface area (Å²) in [4.78, 5) is 14.6. The summed E-state index contributed by atoms with van der Waals surface area (Å²) in [5, 5.41) is 12.8. The van der Waals surface area contributed by atoms with E-state index in [1.807, 2.05) is 4.90 Å². The van der Waals surface area contributed by atoms with Crippen LogP contribution in [-0.2, 0) is 6.42 Å². The van der Waals surface area contributed by atoms with Crippen LogP contribution >= 0.6 is 0 Å². The number of hydrogen-bond acceptors (Lipinski definition) is 2. The van der Waals surface area contributed by atoms with Crippen LogP contribution in [0.3, 0.4) is 0 Å². The second kappa shape index (κ2) is 7.35. The first kappa shape index (κ1) is 16.3. The average Bonchev–Trinajstić information content (AvgIpc) is 3.00. The quantitative estimate of drug-likeness (QED) is 0.900. The number of aryl methyl sites for hydroxylation is 1. The van der Waals surface area contributed by atoms with Gasteiger partial charge in [-0.05, 0) is 57.4 Å². The molecule has 0 spiro atoms. The van der Waals surface area contributed by atoms with Crippen LogP contribution in [0.5, 0.6) is 0 Å². The maximum Gasteiger partial charge on any atom is 0.317 e. The minimum atomic E-state index is -0.177. The van der Waals surface area contributed by atoms with Crippen molar-refractivity contribution in [2.75, 3.05) is 6.54 Å². The fourth-order valence-electron chi connectivity index (χ4n) is 3.79. The van der Waals surface area contributed by atoms with Crippen molar-refractivity contribution in [3.8, 4) is 0 Å².